The number of hydrazone groups is 1. The third-order valence-electron chi connectivity index (χ3n) is 3.26. The first-order chi connectivity index (χ1) is 11.5. The topological polar surface area (TPSA) is 105 Å². The third-order valence-corrected chi connectivity index (χ3v) is 4.23. The largest absolute Gasteiger partial charge is 0.507 e. The Balaban J connectivity index is 1.75. The molecule has 0 bridgehead atoms. The highest BCUT2D eigenvalue weighted by Gasteiger charge is 2.12. The Labute approximate surface area is 140 Å². The van der Waals surface area contributed by atoms with Gasteiger partial charge in [-0.05, 0) is 29.0 Å². The number of nitrogens with zero attached hydrogens (tertiary/aromatic N) is 2. The molecule has 1 heterocycles. The van der Waals surface area contributed by atoms with Crippen LogP contribution in [0.5, 0.6) is 5.75 Å². The van der Waals surface area contributed by atoms with Crippen molar-refractivity contribution in [3.05, 3.63) is 69.1 Å². The molecule has 8 heteroatoms. The molecule has 0 atom stereocenters. The zero-order valence-electron chi connectivity index (χ0n) is 12.2. The maximum atomic E-state index is 12.1. The highest BCUT2D eigenvalue weighted by Crippen LogP contribution is 2.25. The quantitative estimate of drug-likeness (QED) is 0.431. The molecule has 0 aliphatic heterocycles. The molecule has 3 rings (SSSR count). The second-order valence-corrected chi connectivity index (χ2v) is 5.94. The fourth-order valence-electron chi connectivity index (χ4n) is 2.13. The van der Waals surface area contributed by atoms with Crippen LogP contribution in [-0.2, 0) is 0 Å². The zero-order chi connectivity index (χ0) is 17.1. The first kappa shape index (κ1) is 15.6. The van der Waals surface area contributed by atoms with Crippen molar-refractivity contribution < 1.29 is 14.8 Å². The van der Waals surface area contributed by atoms with Gasteiger partial charge in [0.2, 0.25) is 0 Å². The van der Waals surface area contributed by atoms with E-state index in [2.05, 4.69) is 10.5 Å². The molecule has 24 heavy (non-hydrogen) atoms. The highest BCUT2D eigenvalue weighted by atomic mass is 32.1. The second kappa shape index (κ2) is 6.47. The van der Waals surface area contributed by atoms with E-state index in [1.54, 1.807) is 6.07 Å². The number of fused-ring (bicyclic) bond motifs is 1. The number of hydrogen-bond acceptors (Lipinski definition) is 6. The van der Waals surface area contributed by atoms with E-state index < -0.39 is 10.8 Å². The number of hydrogen-bond donors (Lipinski definition) is 2. The van der Waals surface area contributed by atoms with Gasteiger partial charge in [-0.3, -0.25) is 14.9 Å². The number of carbonyl (C=O) groups is 1. The van der Waals surface area contributed by atoms with Gasteiger partial charge in [-0.15, -0.1) is 0 Å². The molecule has 0 radical (unpaired) electrons. The third kappa shape index (κ3) is 3.23. The highest BCUT2D eigenvalue weighted by molar-refractivity contribution is 7.16. The molecule has 0 fully saturated rings. The zero-order valence-corrected chi connectivity index (χ0v) is 13.0. The van der Waals surface area contributed by atoms with Crippen LogP contribution in [0, 0.1) is 10.1 Å². The number of nitro groups is 1. The fourth-order valence-corrected chi connectivity index (χ4v) is 2.83. The minimum Gasteiger partial charge on any atom is -0.507 e. The van der Waals surface area contributed by atoms with Gasteiger partial charge >= 0.3 is 5.00 Å². The second-order valence-electron chi connectivity index (χ2n) is 4.85. The lowest BCUT2D eigenvalue weighted by Gasteiger charge is -2.05. The summed E-state index contributed by atoms with van der Waals surface area (Å²) in [5.74, 6) is -0.714. The van der Waals surface area contributed by atoms with Crippen LogP contribution in [0.1, 0.15) is 15.2 Å². The van der Waals surface area contributed by atoms with E-state index in [1.165, 1.54) is 24.4 Å². The summed E-state index contributed by atoms with van der Waals surface area (Å²) in [5, 5.41) is 26.0. The van der Waals surface area contributed by atoms with Crippen molar-refractivity contribution >= 4 is 39.2 Å². The van der Waals surface area contributed by atoms with Gasteiger partial charge in [0.05, 0.1) is 21.6 Å². The van der Waals surface area contributed by atoms with Crippen molar-refractivity contribution in [1.82, 2.24) is 5.43 Å². The SMILES string of the molecule is O=C(N/N=C/c1ccc([N+](=O)[O-])s1)c1cc2ccccc2cc1O. The summed E-state index contributed by atoms with van der Waals surface area (Å²) in [5.41, 5.74) is 2.40. The Hall–Kier alpha value is -3.26. The van der Waals surface area contributed by atoms with Gasteiger partial charge in [-0.1, -0.05) is 35.6 Å². The Kier molecular flexibility index (Phi) is 4.21. The van der Waals surface area contributed by atoms with E-state index in [4.69, 9.17) is 0 Å². The predicted octanol–water partition coefficient (Wildman–Crippen LogP) is 3.28. The molecule has 2 N–H and O–H groups in total. The Morgan fingerprint density at radius 2 is 1.92 bits per heavy atom. The molecular formula is C16H11N3O4S. The van der Waals surface area contributed by atoms with Gasteiger partial charge in [-0.2, -0.15) is 5.10 Å². The van der Waals surface area contributed by atoms with E-state index in [9.17, 15) is 20.0 Å². The molecule has 0 aliphatic rings. The molecule has 7 nitrogen and oxygen atoms in total. The number of thiophene rings is 1. The summed E-state index contributed by atoms with van der Waals surface area (Å²) in [6, 6.07) is 13.3. The number of phenolic OH excluding ortho intramolecular Hbond substituents is 1. The summed E-state index contributed by atoms with van der Waals surface area (Å²) in [4.78, 5) is 22.8. The molecule has 1 aromatic heterocycles. The lowest BCUT2D eigenvalue weighted by molar-refractivity contribution is -0.380. The predicted molar refractivity (Wildman–Crippen MR) is 91.6 cm³/mol. The maximum Gasteiger partial charge on any atom is 0.324 e. The molecular weight excluding hydrogens is 330 g/mol. The fraction of sp³-hybridized carbons (Fsp3) is 0. The Morgan fingerprint density at radius 1 is 1.21 bits per heavy atom. The van der Waals surface area contributed by atoms with Crippen LogP contribution in [0.15, 0.2) is 53.6 Å². The monoisotopic (exact) mass is 341 g/mol. The number of aromatic hydroxyl groups is 1. The normalized spacial score (nSPS) is 11.0. The van der Waals surface area contributed by atoms with Gasteiger partial charge in [0.15, 0.2) is 0 Å². The number of phenols is 1. The number of amides is 1. The van der Waals surface area contributed by atoms with E-state index in [1.807, 2.05) is 24.3 Å². The van der Waals surface area contributed by atoms with Crippen molar-refractivity contribution in [3.63, 3.8) is 0 Å². The van der Waals surface area contributed by atoms with Gasteiger partial charge in [0.25, 0.3) is 5.91 Å². The van der Waals surface area contributed by atoms with Gasteiger partial charge in [0, 0.05) is 6.07 Å². The average molecular weight is 341 g/mol. The minimum absolute atomic E-state index is 0.00468. The lowest BCUT2D eigenvalue weighted by atomic mass is 10.1. The standard InChI is InChI=1S/C16H11N3O4S/c20-14-8-11-4-2-1-3-10(11)7-13(14)16(21)18-17-9-12-5-6-15(24-12)19(22)23/h1-9,20H,(H,18,21)/b17-9+. The summed E-state index contributed by atoms with van der Waals surface area (Å²) < 4.78 is 0. The number of rotatable bonds is 4. The molecule has 0 aliphatic carbocycles. The summed E-state index contributed by atoms with van der Waals surface area (Å²) >= 11 is 0.944. The smallest absolute Gasteiger partial charge is 0.324 e. The molecule has 2 aromatic carbocycles. The van der Waals surface area contributed by atoms with Gasteiger partial charge in [0.1, 0.15) is 5.75 Å². The summed E-state index contributed by atoms with van der Waals surface area (Å²) in [6.07, 6.45) is 1.31. The van der Waals surface area contributed by atoms with Crippen LogP contribution in [0.4, 0.5) is 5.00 Å². The van der Waals surface area contributed by atoms with Crippen molar-refractivity contribution in [2.75, 3.05) is 0 Å². The summed E-state index contributed by atoms with van der Waals surface area (Å²) in [7, 11) is 0. The molecule has 120 valence electrons. The van der Waals surface area contributed by atoms with Crippen LogP contribution in [0.2, 0.25) is 0 Å². The lowest BCUT2D eigenvalue weighted by Crippen LogP contribution is -2.17. The molecule has 0 saturated carbocycles. The van der Waals surface area contributed by atoms with Crippen molar-refractivity contribution in [3.8, 4) is 5.75 Å². The van der Waals surface area contributed by atoms with E-state index in [0.717, 1.165) is 22.1 Å². The minimum atomic E-state index is -0.569. The van der Waals surface area contributed by atoms with Crippen LogP contribution >= 0.6 is 11.3 Å². The van der Waals surface area contributed by atoms with Gasteiger partial charge in [-0.25, -0.2) is 5.43 Å². The van der Waals surface area contributed by atoms with E-state index in [-0.39, 0.29) is 16.3 Å². The van der Waals surface area contributed by atoms with E-state index >= 15 is 0 Å². The van der Waals surface area contributed by atoms with Crippen LogP contribution in [0.25, 0.3) is 10.8 Å². The molecule has 0 spiro atoms. The average Bonchev–Trinajstić information content (AvgIpc) is 3.03. The van der Waals surface area contributed by atoms with Crippen LogP contribution < -0.4 is 5.43 Å². The first-order valence-electron chi connectivity index (χ1n) is 6.84. The van der Waals surface area contributed by atoms with Crippen molar-refractivity contribution in [2.45, 2.75) is 0 Å². The van der Waals surface area contributed by atoms with E-state index in [0.29, 0.717) is 4.88 Å². The van der Waals surface area contributed by atoms with Crippen molar-refractivity contribution in [1.29, 1.82) is 0 Å². The molecule has 0 saturated heterocycles. The van der Waals surface area contributed by atoms with Crippen molar-refractivity contribution in [2.24, 2.45) is 5.10 Å². The Bertz CT molecular complexity index is 965. The van der Waals surface area contributed by atoms with Crippen LogP contribution in [-0.4, -0.2) is 22.2 Å². The number of nitrogens with one attached hydrogen (secondary N) is 1. The maximum absolute atomic E-state index is 12.1. The first-order valence-corrected chi connectivity index (χ1v) is 7.65. The molecule has 1 amide bonds. The number of benzene rings is 2. The summed E-state index contributed by atoms with van der Waals surface area (Å²) in [6.45, 7) is 0. The molecule has 0 unspecified atom stereocenters. The number of carbonyl (C=O) groups excluding carboxylic acids is 1. The van der Waals surface area contributed by atoms with Gasteiger partial charge < -0.3 is 5.11 Å². The molecule has 3 aromatic rings. The Morgan fingerprint density at radius 3 is 2.58 bits per heavy atom. The van der Waals surface area contributed by atoms with Crippen LogP contribution in [0.3, 0.4) is 0 Å².